The van der Waals surface area contributed by atoms with Gasteiger partial charge in [0.25, 0.3) is 5.91 Å². The summed E-state index contributed by atoms with van der Waals surface area (Å²) in [5.41, 5.74) is 8.01. The molecular formula is C17H24N4O4. The number of nitrogens with zero attached hydrogens (tertiary/aromatic N) is 3. The van der Waals surface area contributed by atoms with E-state index < -0.39 is 0 Å². The topological polar surface area (TPSA) is 88.3 Å². The number of carbonyl (C=O) groups is 2. The SMILES string of the molecule is COC(=O)N1CCN(C(=O)c2cc(N3CCOCC3)ccc2N)CC1. The van der Waals surface area contributed by atoms with Crippen LogP contribution < -0.4 is 10.6 Å². The highest BCUT2D eigenvalue weighted by molar-refractivity contribution is 6.00. The van der Waals surface area contributed by atoms with Crippen molar-refractivity contribution in [3.8, 4) is 0 Å². The Morgan fingerprint density at radius 1 is 1.04 bits per heavy atom. The number of nitrogen functional groups attached to an aromatic ring is 1. The van der Waals surface area contributed by atoms with Gasteiger partial charge in [-0.15, -0.1) is 0 Å². The minimum Gasteiger partial charge on any atom is -0.453 e. The highest BCUT2D eigenvalue weighted by Crippen LogP contribution is 2.24. The van der Waals surface area contributed by atoms with Crippen molar-refractivity contribution in [1.29, 1.82) is 0 Å². The molecule has 0 saturated carbocycles. The number of hydrogen-bond acceptors (Lipinski definition) is 6. The normalized spacial score (nSPS) is 18.2. The van der Waals surface area contributed by atoms with Crippen molar-refractivity contribution in [2.24, 2.45) is 0 Å². The molecular weight excluding hydrogens is 324 g/mol. The molecule has 0 aromatic heterocycles. The summed E-state index contributed by atoms with van der Waals surface area (Å²) in [4.78, 5) is 29.9. The number of rotatable bonds is 2. The van der Waals surface area contributed by atoms with E-state index in [0.29, 0.717) is 50.6 Å². The first-order valence-corrected chi connectivity index (χ1v) is 8.44. The average molecular weight is 348 g/mol. The molecule has 1 aromatic carbocycles. The summed E-state index contributed by atoms with van der Waals surface area (Å²) in [6.07, 6.45) is -0.360. The molecule has 0 aliphatic carbocycles. The predicted molar refractivity (Wildman–Crippen MR) is 93.8 cm³/mol. The van der Waals surface area contributed by atoms with Gasteiger partial charge >= 0.3 is 6.09 Å². The Morgan fingerprint density at radius 2 is 1.68 bits per heavy atom. The van der Waals surface area contributed by atoms with Gasteiger partial charge in [-0.1, -0.05) is 0 Å². The summed E-state index contributed by atoms with van der Waals surface area (Å²) in [6.45, 7) is 4.82. The van der Waals surface area contributed by atoms with Crippen LogP contribution in [0.25, 0.3) is 0 Å². The molecule has 2 heterocycles. The van der Waals surface area contributed by atoms with Gasteiger partial charge in [0.15, 0.2) is 0 Å². The highest BCUT2D eigenvalue weighted by Gasteiger charge is 2.26. The van der Waals surface area contributed by atoms with Gasteiger partial charge in [-0.2, -0.15) is 0 Å². The van der Waals surface area contributed by atoms with Crippen LogP contribution in [-0.4, -0.2) is 81.4 Å². The molecule has 0 bridgehead atoms. The van der Waals surface area contributed by atoms with E-state index in [0.717, 1.165) is 18.8 Å². The van der Waals surface area contributed by atoms with Crippen molar-refractivity contribution >= 4 is 23.4 Å². The quantitative estimate of drug-likeness (QED) is 0.789. The van der Waals surface area contributed by atoms with Crippen molar-refractivity contribution in [2.45, 2.75) is 0 Å². The Morgan fingerprint density at radius 3 is 2.32 bits per heavy atom. The number of nitrogens with two attached hydrogens (primary N) is 1. The monoisotopic (exact) mass is 348 g/mol. The standard InChI is InChI=1S/C17H24N4O4/c1-24-17(23)21-6-4-20(5-7-21)16(22)14-12-13(2-3-15(14)18)19-8-10-25-11-9-19/h2-3,12H,4-11,18H2,1H3. The van der Waals surface area contributed by atoms with Gasteiger partial charge in [0.1, 0.15) is 0 Å². The summed E-state index contributed by atoms with van der Waals surface area (Å²) in [6, 6.07) is 5.57. The number of methoxy groups -OCH3 is 1. The summed E-state index contributed by atoms with van der Waals surface area (Å²) in [5.74, 6) is -0.0999. The summed E-state index contributed by atoms with van der Waals surface area (Å²) in [5, 5.41) is 0. The highest BCUT2D eigenvalue weighted by atomic mass is 16.5. The van der Waals surface area contributed by atoms with Crippen LogP contribution in [0.4, 0.5) is 16.2 Å². The lowest BCUT2D eigenvalue weighted by molar-refractivity contribution is 0.0600. The Hall–Kier alpha value is -2.48. The summed E-state index contributed by atoms with van der Waals surface area (Å²) >= 11 is 0. The molecule has 2 amide bonds. The second-order valence-electron chi connectivity index (χ2n) is 6.12. The Labute approximate surface area is 147 Å². The van der Waals surface area contributed by atoms with Gasteiger partial charge in [-0.3, -0.25) is 4.79 Å². The van der Waals surface area contributed by atoms with E-state index in [4.69, 9.17) is 15.2 Å². The maximum absolute atomic E-state index is 12.9. The van der Waals surface area contributed by atoms with Crippen molar-refractivity contribution < 1.29 is 19.1 Å². The molecule has 2 aliphatic rings. The first-order valence-electron chi connectivity index (χ1n) is 8.44. The minimum absolute atomic E-state index is 0.0999. The number of anilines is 2. The Kier molecular flexibility index (Phi) is 5.28. The molecule has 8 nitrogen and oxygen atoms in total. The number of benzene rings is 1. The van der Waals surface area contributed by atoms with Crippen LogP contribution in [0.15, 0.2) is 18.2 Å². The molecule has 1 aromatic rings. The second kappa shape index (κ2) is 7.60. The lowest BCUT2D eigenvalue weighted by Crippen LogP contribution is -2.50. The van der Waals surface area contributed by atoms with Gasteiger partial charge in [-0.05, 0) is 18.2 Å². The number of ether oxygens (including phenoxy) is 2. The molecule has 0 atom stereocenters. The zero-order chi connectivity index (χ0) is 17.8. The van der Waals surface area contributed by atoms with Gasteiger partial charge in [-0.25, -0.2) is 4.79 Å². The molecule has 2 N–H and O–H groups in total. The molecule has 3 rings (SSSR count). The fourth-order valence-corrected chi connectivity index (χ4v) is 3.14. The van der Waals surface area contributed by atoms with Crippen LogP contribution in [0.1, 0.15) is 10.4 Å². The largest absolute Gasteiger partial charge is 0.453 e. The van der Waals surface area contributed by atoms with Gasteiger partial charge in [0.2, 0.25) is 0 Å². The average Bonchev–Trinajstić information content (AvgIpc) is 2.68. The maximum Gasteiger partial charge on any atom is 0.409 e. The molecule has 2 aliphatic heterocycles. The van der Waals surface area contributed by atoms with E-state index in [-0.39, 0.29) is 12.0 Å². The van der Waals surface area contributed by atoms with Crippen molar-refractivity contribution in [2.75, 3.05) is 70.2 Å². The molecule has 136 valence electrons. The smallest absolute Gasteiger partial charge is 0.409 e. The summed E-state index contributed by atoms with van der Waals surface area (Å²) < 4.78 is 10.1. The third-order valence-corrected chi connectivity index (χ3v) is 4.64. The fourth-order valence-electron chi connectivity index (χ4n) is 3.14. The molecule has 0 unspecified atom stereocenters. The number of carbonyl (C=O) groups excluding carboxylic acids is 2. The molecule has 2 saturated heterocycles. The van der Waals surface area contributed by atoms with E-state index in [2.05, 4.69) is 4.90 Å². The molecule has 25 heavy (non-hydrogen) atoms. The first-order chi connectivity index (χ1) is 12.1. The number of hydrogen-bond donors (Lipinski definition) is 1. The molecule has 8 heteroatoms. The van der Waals surface area contributed by atoms with E-state index in [1.807, 2.05) is 12.1 Å². The molecule has 0 spiro atoms. The zero-order valence-electron chi connectivity index (χ0n) is 14.4. The third-order valence-electron chi connectivity index (χ3n) is 4.64. The predicted octanol–water partition coefficient (Wildman–Crippen LogP) is 0.630. The van der Waals surface area contributed by atoms with E-state index in [9.17, 15) is 9.59 Å². The van der Waals surface area contributed by atoms with Crippen LogP contribution in [-0.2, 0) is 9.47 Å². The van der Waals surface area contributed by atoms with Crippen LogP contribution >= 0.6 is 0 Å². The number of amides is 2. The Balaban J connectivity index is 1.70. The van der Waals surface area contributed by atoms with E-state index >= 15 is 0 Å². The van der Waals surface area contributed by atoms with E-state index in [1.54, 1.807) is 15.9 Å². The minimum atomic E-state index is -0.360. The fraction of sp³-hybridized carbons (Fsp3) is 0.529. The molecule has 2 fully saturated rings. The first kappa shape index (κ1) is 17.3. The molecule has 0 radical (unpaired) electrons. The Bertz CT molecular complexity index is 638. The summed E-state index contributed by atoms with van der Waals surface area (Å²) in [7, 11) is 1.36. The van der Waals surface area contributed by atoms with Gasteiger partial charge in [0.05, 0.1) is 25.9 Å². The van der Waals surface area contributed by atoms with Crippen LogP contribution in [0.2, 0.25) is 0 Å². The van der Waals surface area contributed by atoms with Crippen LogP contribution in [0.5, 0.6) is 0 Å². The van der Waals surface area contributed by atoms with Crippen LogP contribution in [0.3, 0.4) is 0 Å². The van der Waals surface area contributed by atoms with Gasteiger partial charge in [0, 0.05) is 50.6 Å². The maximum atomic E-state index is 12.9. The van der Waals surface area contributed by atoms with Crippen LogP contribution in [0, 0.1) is 0 Å². The van der Waals surface area contributed by atoms with Crippen molar-refractivity contribution in [3.63, 3.8) is 0 Å². The van der Waals surface area contributed by atoms with E-state index in [1.165, 1.54) is 7.11 Å². The number of morpholine rings is 1. The lowest BCUT2D eigenvalue weighted by atomic mass is 10.1. The van der Waals surface area contributed by atoms with Crippen molar-refractivity contribution in [3.05, 3.63) is 23.8 Å². The lowest BCUT2D eigenvalue weighted by Gasteiger charge is -2.34. The third kappa shape index (κ3) is 3.79. The van der Waals surface area contributed by atoms with Gasteiger partial charge < -0.3 is 29.9 Å². The zero-order valence-corrected chi connectivity index (χ0v) is 14.4. The second-order valence-corrected chi connectivity index (χ2v) is 6.12. The number of piperazine rings is 1. The van der Waals surface area contributed by atoms with Crippen molar-refractivity contribution in [1.82, 2.24) is 9.80 Å².